The Bertz CT molecular complexity index is 37.4. The highest BCUT2D eigenvalue weighted by molar-refractivity contribution is 7.99. The summed E-state index contributed by atoms with van der Waals surface area (Å²) in [5.41, 5.74) is 0. The molecule has 0 spiro atoms. The second-order valence-electron chi connectivity index (χ2n) is 2.07. The van der Waals surface area contributed by atoms with E-state index in [0.717, 1.165) is 0 Å². The Kier molecular flexibility index (Phi) is 8.60. The average molecular weight is 149 g/mol. The molecular formula is C7H19NS. The third-order valence-corrected chi connectivity index (χ3v) is 1.83. The van der Waals surface area contributed by atoms with Crippen molar-refractivity contribution < 1.29 is 1.43 Å². The SMILES string of the molecule is C1CSCCN1.CCC.[HH]. The average Bonchev–Trinajstić information content (AvgIpc) is 1.93. The molecule has 2 heteroatoms. The molecule has 0 aliphatic carbocycles. The van der Waals surface area contributed by atoms with E-state index in [1.54, 1.807) is 0 Å². The molecule has 9 heavy (non-hydrogen) atoms. The summed E-state index contributed by atoms with van der Waals surface area (Å²) in [5, 5.41) is 3.26. The Balaban J connectivity index is 0. The van der Waals surface area contributed by atoms with Crippen LogP contribution in [0.2, 0.25) is 0 Å². The molecule has 0 unspecified atom stereocenters. The molecule has 1 N–H and O–H groups in total. The van der Waals surface area contributed by atoms with Crippen LogP contribution in [0.3, 0.4) is 0 Å². The molecule has 1 heterocycles. The van der Waals surface area contributed by atoms with Crippen molar-refractivity contribution in [2.75, 3.05) is 24.6 Å². The quantitative estimate of drug-likeness (QED) is 0.565. The van der Waals surface area contributed by atoms with Gasteiger partial charge in [-0.1, -0.05) is 20.3 Å². The summed E-state index contributed by atoms with van der Waals surface area (Å²) >= 11 is 2.03. The van der Waals surface area contributed by atoms with Gasteiger partial charge in [-0.05, 0) is 0 Å². The highest BCUT2D eigenvalue weighted by atomic mass is 32.2. The molecule has 1 aliphatic rings. The van der Waals surface area contributed by atoms with Crippen LogP contribution in [0.1, 0.15) is 21.7 Å². The van der Waals surface area contributed by atoms with Gasteiger partial charge in [0, 0.05) is 26.0 Å². The van der Waals surface area contributed by atoms with Crippen molar-refractivity contribution >= 4 is 11.8 Å². The second kappa shape index (κ2) is 8.31. The fourth-order valence-corrected chi connectivity index (χ4v) is 1.30. The van der Waals surface area contributed by atoms with E-state index in [0.29, 0.717) is 0 Å². The van der Waals surface area contributed by atoms with Gasteiger partial charge < -0.3 is 5.32 Å². The zero-order valence-electron chi connectivity index (χ0n) is 6.44. The molecule has 0 saturated carbocycles. The number of nitrogens with one attached hydrogen (secondary N) is 1. The third-order valence-electron chi connectivity index (χ3n) is 0.846. The Labute approximate surface area is 64.1 Å². The molecule has 0 aromatic heterocycles. The summed E-state index contributed by atoms with van der Waals surface area (Å²) < 4.78 is 0. The monoisotopic (exact) mass is 149 g/mol. The third kappa shape index (κ3) is 8.31. The molecule has 0 radical (unpaired) electrons. The number of rotatable bonds is 0. The predicted molar refractivity (Wildman–Crippen MR) is 48.3 cm³/mol. The van der Waals surface area contributed by atoms with E-state index >= 15 is 0 Å². The lowest BCUT2D eigenvalue weighted by Crippen LogP contribution is -2.24. The van der Waals surface area contributed by atoms with Crippen molar-refractivity contribution in [1.82, 2.24) is 5.32 Å². The van der Waals surface area contributed by atoms with E-state index in [9.17, 15) is 0 Å². The van der Waals surface area contributed by atoms with Crippen LogP contribution in [0.4, 0.5) is 0 Å². The first kappa shape index (κ1) is 9.31. The molecule has 58 valence electrons. The van der Waals surface area contributed by atoms with Gasteiger partial charge in [-0.3, -0.25) is 0 Å². The first-order valence-electron chi connectivity index (χ1n) is 3.70. The normalized spacial score (nSPS) is 18.0. The van der Waals surface area contributed by atoms with Crippen LogP contribution in [0.15, 0.2) is 0 Å². The van der Waals surface area contributed by atoms with Crippen LogP contribution in [0, 0.1) is 0 Å². The molecule has 1 aliphatic heterocycles. The first-order chi connectivity index (χ1) is 4.41. The van der Waals surface area contributed by atoms with Gasteiger partial charge in [0.05, 0.1) is 0 Å². The summed E-state index contributed by atoms with van der Waals surface area (Å²) in [4.78, 5) is 0. The van der Waals surface area contributed by atoms with Gasteiger partial charge in [-0.25, -0.2) is 0 Å². The standard InChI is InChI=1S/C4H9NS.C3H8.H2/c1-3-6-4-2-5-1;1-3-2;/h5H,1-4H2;3H2,1-2H3;1H. The molecule has 0 atom stereocenters. The van der Waals surface area contributed by atoms with Crippen molar-refractivity contribution in [2.45, 2.75) is 20.3 Å². The highest BCUT2D eigenvalue weighted by Gasteiger charge is 1.93. The van der Waals surface area contributed by atoms with Crippen molar-refractivity contribution in [2.24, 2.45) is 0 Å². The van der Waals surface area contributed by atoms with Crippen molar-refractivity contribution in [1.29, 1.82) is 0 Å². The van der Waals surface area contributed by atoms with Crippen LogP contribution in [0.25, 0.3) is 0 Å². The molecule has 1 nitrogen and oxygen atoms in total. The van der Waals surface area contributed by atoms with Gasteiger partial charge in [-0.15, -0.1) is 0 Å². The number of hydrogen-bond acceptors (Lipinski definition) is 2. The van der Waals surface area contributed by atoms with Gasteiger partial charge in [0.2, 0.25) is 0 Å². The second-order valence-corrected chi connectivity index (χ2v) is 3.29. The van der Waals surface area contributed by atoms with Gasteiger partial charge in [0.1, 0.15) is 0 Å². The Morgan fingerprint density at radius 1 is 1.33 bits per heavy atom. The fraction of sp³-hybridized carbons (Fsp3) is 1.00. The van der Waals surface area contributed by atoms with Gasteiger partial charge in [-0.2, -0.15) is 11.8 Å². The van der Waals surface area contributed by atoms with E-state index in [4.69, 9.17) is 0 Å². The van der Waals surface area contributed by atoms with E-state index in [2.05, 4.69) is 19.2 Å². The van der Waals surface area contributed by atoms with E-state index in [-0.39, 0.29) is 1.43 Å². The largest absolute Gasteiger partial charge is 0.315 e. The van der Waals surface area contributed by atoms with Gasteiger partial charge >= 0.3 is 0 Å². The number of thioether (sulfide) groups is 1. The molecule has 1 saturated heterocycles. The minimum atomic E-state index is 0. The maximum atomic E-state index is 3.26. The van der Waals surface area contributed by atoms with Crippen molar-refractivity contribution in [3.05, 3.63) is 0 Å². The van der Waals surface area contributed by atoms with Gasteiger partial charge in [0.25, 0.3) is 0 Å². The molecule has 0 amide bonds. The van der Waals surface area contributed by atoms with Crippen LogP contribution in [-0.2, 0) is 0 Å². The lowest BCUT2D eigenvalue weighted by atomic mass is 10.6. The van der Waals surface area contributed by atoms with E-state index in [1.165, 1.54) is 31.0 Å². The zero-order chi connectivity index (χ0) is 6.95. The summed E-state index contributed by atoms with van der Waals surface area (Å²) in [6.07, 6.45) is 1.25. The van der Waals surface area contributed by atoms with Crippen LogP contribution >= 0.6 is 11.8 Å². The topological polar surface area (TPSA) is 12.0 Å². The molecule has 0 aromatic rings. The van der Waals surface area contributed by atoms with Crippen molar-refractivity contribution in [3.63, 3.8) is 0 Å². The summed E-state index contributed by atoms with van der Waals surface area (Å²) in [5.74, 6) is 2.61. The van der Waals surface area contributed by atoms with Gasteiger partial charge in [0.15, 0.2) is 0 Å². The van der Waals surface area contributed by atoms with Crippen molar-refractivity contribution in [3.8, 4) is 0 Å². The maximum Gasteiger partial charge on any atom is 0.00585 e. The Hall–Kier alpha value is 0.310. The number of hydrogen-bond donors (Lipinski definition) is 1. The molecule has 1 fully saturated rings. The fourth-order valence-electron chi connectivity index (χ4n) is 0.516. The molecule has 0 aromatic carbocycles. The van der Waals surface area contributed by atoms with Crippen LogP contribution < -0.4 is 5.32 Å². The highest BCUT2D eigenvalue weighted by Crippen LogP contribution is 1.99. The summed E-state index contributed by atoms with van der Waals surface area (Å²) in [7, 11) is 0. The Morgan fingerprint density at radius 3 is 1.89 bits per heavy atom. The maximum absolute atomic E-state index is 3.26. The summed E-state index contributed by atoms with van der Waals surface area (Å²) in [6.45, 7) is 6.68. The molecule has 0 bridgehead atoms. The smallest absolute Gasteiger partial charge is 0.00585 e. The molecule has 1 rings (SSSR count). The zero-order valence-corrected chi connectivity index (χ0v) is 7.26. The first-order valence-corrected chi connectivity index (χ1v) is 4.85. The van der Waals surface area contributed by atoms with Crippen LogP contribution in [-0.4, -0.2) is 24.6 Å². The van der Waals surface area contributed by atoms with Crippen LogP contribution in [0.5, 0.6) is 0 Å². The lowest BCUT2D eigenvalue weighted by Gasteiger charge is -2.08. The summed E-state index contributed by atoms with van der Waals surface area (Å²) in [6, 6.07) is 0. The van der Waals surface area contributed by atoms with E-state index < -0.39 is 0 Å². The minimum Gasteiger partial charge on any atom is -0.315 e. The predicted octanol–water partition coefficient (Wildman–Crippen LogP) is 1.99. The lowest BCUT2D eigenvalue weighted by molar-refractivity contribution is 0.756. The molecular weight excluding hydrogens is 130 g/mol. The Morgan fingerprint density at radius 2 is 1.78 bits per heavy atom. The minimum absolute atomic E-state index is 0. The van der Waals surface area contributed by atoms with E-state index in [1.807, 2.05) is 11.8 Å².